The van der Waals surface area contributed by atoms with Gasteiger partial charge in [-0.25, -0.2) is 4.98 Å². The number of amides is 2. The Morgan fingerprint density at radius 2 is 1.97 bits per heavy atom. The number of ether oxygens (including phenoxy) is 1. The van der Waals surface area contributed by atoms with Crippen LogP contribution in [0.2, 0.25) is 0 Å². The lowest BCUT2D eigenvalue weighted by Crippen LogP contribution is -2.19. The number of benzene rings is 3. The van der Waals surface area contributed by atoms with Crippen LogP contribution in [0.15, 0.2) is 60.7 Å². The topological polar surface area (TPSA) is 85.2 Å². The van der Waals surface area contributed by atoms with Crippen molar-refractivity contribution in [2.45, 2.75) is 12.8 Å². The molecule has 7 heteroatoms. The Bertz CT molecular complexity index is 1370. The Labute approximate surface area is 185 Å². The summed E-state index contributed by atoms with van der Waals surface area (Å²) in [6.45, 7) is 0. The molecule has 2 heterocycles. The van der Waals surface area contributed by atoms with Crippen LogP contribution in [-0.2, 0) is 11.2 Å². The third kappa shape index (κ3) is 3.37. The van der Waals surface area contributed by atoms with Crippen molar-refractivity contribution < 1.29 is 14.3 Å². The van der Waals surface area contributed by atoms with E-state index in [0.29, 0.717) is 18.4 Å². The zero-order chi connectivity index (χ0) is 22.2. The largest absolute Gasteiger partial charge is 0.497 e. The Morgan fingerprint density at radius 3 is 2.78 bits per heavy atom. The van der Waals surface area contributed by atoms with Crippen LogP contribution in [0.5, 0.6) is 5.75 Å². The normalized spacial score (nSPS) is 12.9. The number of imidazole rings is 1. The summed E-state index contributed by atoms with van der Waals surface area (Å²) >= 11 is 0. The van der Waals surface area contributed by atoms with Crippen LogP contribution in [0.25, 0.3) is 28.1 Å². The van der Waals surface area contributed by atoms with Crippen LogP contribution in [0.1, 0.15) is 22.3 Å². The van der Waals surface area contributed by atoms with Crippen LogP contribution in [0.4, 0.5) is 5.69 Å². The third-order valence-corrected chi connectivity index (χ3v) is 5.71. The molecule has 32 heavy (non-hydrogen) atoms. The molecular formula is C25H22N4O3. The Morgan fingerprint density at radius 1 is 1.09 bits per heavy atom. The molecule has 0 spiro atoms. The fourth-order valence-corrected chi connectivity index (χ4v) is 4.09. The van der Waals surface area contributed by atoms with Crippen molar-refractivity contribution >= 4 is 28.5 Å². The molecule has 7 nitrogen and oxygen atoms in total. The summed E-state index contributed by atoms with van der Waals surface area (Å²) in [7, 11) is 3.24. The van der Waals surface area contributed by atoms with Gasteiger partial charge in [-0.1, -0.05) is 12.1 Å². The molecular weight excluding hydrogens is 404 g/mol. The molecule has 0 bridgehead atoms. The van der Waals surface area contributed by atoms with E-state index in [1.54, 1.807) is 26.3 Å². The van der Waals surface area contributed by atoms with Crippen molar-refractivity contribution in [3.05, 3.63) is 71.8 Å². The SMILES string of the molecule is CNC(=O)c1ccc2c(c1)nc(-c1cccc(OC)c1)n2-c1ccc2c(c1)CCC(=O)N2. The minimum atomic E-state index is -0.158. The second-order valence-electron chi connectivity index (χ2n) is 7.68. The molecule has 2 amide bonds. The molecule has 1 aliphatic rings. The average molecular weight is 426 g/mol. The summed E-state index contributed by atoms with van der Waals surface area (Å²) in [5, 5.41) is 5.59. The van der Waals surface area contributed by atoms with E-state index >= 15 is 0 Å². The first-order valence-electron chi connectivity index (χ1n) is 10.4. The summed E-state index contributed by atoms with van der Waals surface area (Å²) in [5.74, 6) is 1.36. The van der Waals surface area contributed by atoms with Gasteiger partial charge in [-0.3, -0.25) is 14.2 Å². The maximum Gasteiger partial charge on any atom is 0.251 e. The van der Waals surface area contributed by atoms with E-state index < -0.39 is 0 Å². The van der Waals surface area contributed by atoms with Crippen LogP contribution < -0.4 is 15.4 Å². The smallest absolute Gasteiger partial charge is 0.251 e. The Hall–Kier alpha value is -4.13. The highest BCUT2D eigenvalue weighted by Gasteiger charge is 2.19. The van der Waals surface area contributed by atoms with Crippen molar-refractivity contribution in [2.75, 3.05) is 19.5 Å². The zero-order valence-electron chi connectivity index (χ0n) is 17.8. The van der Waals surface area contributed by atoms with Crippen LogP contribution in [-0.4, -0.2) is 35.5 Å². The number of fused-ring (bicyclic) bond motifs is 2. The van der Waals surface area contributed by atoms with Gasteiger partial charge in [-0.05, 0) is 60.5 Å². The maximum absolute atomic E-state index is 12.2. The molecule has 0 atom stereocenters. The molecule has 0 unspecified atom stereocenters. The first-order chi connectivity index (χ1) is 15.6. The van der Waals surface area contributed by atoms with Gasteiger partial charge in [0.25, 0.3) is 5.91 Å². The number of rotatable bonds is 4. The number of nitrogens with one attached hydrogen (secondary N) is 2. The summed E-state index contributed by atoms with van der Waals surface area (Å²) in [5.41, 5.74) is 5.92. The van der Waals surface area contributed by atoms with E-state index in [-0.39, 0.29) is 11.8 Å². The Kier molecular flexibility index (Phi) is 4.86. The van der Waals surface area contributed by atoms with Gasteiger partial charge in [0.1, 0.15) is 11.6 Å². The predicted octanol–water partition coefficient (Wildman–Crippen LogP) is 3.95. The highest BCUT2D eigenvalue weighted by atomic mass is 16.5. The van der Waals surface area contributed by atoms with Crippen molar-refractivity contribution in [1.29, 1.82) is 0 Å². The number of aromatic nitrogens is 2. The zero-order valence-corrected chi connectivity index (χ0v) is 17.8. The lowest BCUT2D eigenvalue weighted by atomic mass is 10.0. The molecule has 0 radical (unpaired) electrons. The van der Waals surface area contributed by atoms with E-state index in [1.165, 1.54) is 0 Å². The third-order valence-electron chi connectivity index (χ3n) is 5.71. The van der Waals surface area contributed by atoms with E-state index in [9.17, 15) is 9.59 Å². The Balaban J connectivity index is 1.74. The molecule has 1 aromatic heterocycles. The lowest BCUT2D eigenvalue weighted by Gasteiger charge is -2.19. The molecule has 0 fully saturated rings. The summed E-state index contributed by atoms with van der Waals surface area (Å²) < 4.78 is 7.49. The van der Waals surface area contributed by atoms with Crippen LogP contribution in [0, 0.1) is 0 Å². The monoisotopic (exact) mass is 426 g/mol. The number of anilines is 1. The van der Waals surface area contributed by atoms with Gasteiger partial charge >= 0.3 is 0 Å². The predicted molar refractivity (Wildman–Crippen MR) is 123 cm³/mol. The molecule has 5 rings (SSSR count). The molecule has 3 aromatic carbocycles. The number of aryl methyl sites for hydroxylation is 1. The van der Waals surface area contributed by atoms with Gasteiger partial charge in [-0.2, -0.15) is 0 Å². The van der Waals surface area contributed by atoms with Crippen molar-refractivity contribution in [3.8, 4) is 22.8 Å². The molecule has 0 saturated heterocycles. The van der Waals surface area contributed by atoms with Crippen LogP contribution in [0.3, 0.4) is 0 Å². The quantitative estimate of drug-likeness (QED) is 0.518. The second kappa shape index (κ2) is 7.85. The number of methoxy groups -OCH3 is 1. The number of hydrogen-bond acceptors (Lipinski definition) is 4. The number of carbonyl (C=O) groups excluding carboxylic acids is 2. The number of nitrogens with zero attached hydrogens (tertiary/aromatic N) is 2. The van der Waals surface area contributed by atoms with Gasteiger partial charge in [0.2, 0.25) is 5.91 Å². The molecule has 160 valence electrons. The second-order valence-corrected chi connectivity index (χ2v) is 7.68. The maximum atomic E-state index is 12.2. The minimum Gasteiger partial charge on any atom is -0.497 e. The van der Waals surface area contributed by atoms with Gasteiger partial charge in [0, 0.05) is 36.0 Å². The number of carbonyl (C=O) groups is 2. The molecule has 0 saturated carbocycles. The minimum absolute atomic E-state index is 0.0390. The van der Waals surface area contributed by atoms with Crippen molar-refractivity contribution in [1.82, 2.24) is 14.9 Å². The first-order valence-corrected chi connectivity index (χ1v) is 10.4. The average Bonchev–Trinajstić information content (AvgIpc) is 3.22. The van der Waals surface area contributed by atoms with Gasteiger partial charge in [-0.15, -0.1) is 0 Å². The van der Waals surface area contributed by atoms with Crippen molar-refractivity contribution in [3.63, 3.8) is 0 Å². The highest BCUT2D eigenvalue weighted by molar-refractivity contribution is 5.98. The van der Waals surface area contributed by atoms with E-state index in [2.05, 4.69) is 21.3 Å². The van der Waals surface area contributed by atoms with E-state index in [0.717, 1.165) is 45.1 Å². The summed E-state index contributed by atoms with van der Waals surface area (Å²) in [6.07, 6.45) is 1.16. The fraction of sp³-hybridized carbons (Fsp3) is 0.160. The van der Waals surface area contributed by atoms with Gasteiger partial charge in [0.05, 0.1) is 18.1 Å². The van der Waals surface area contributed by atoms with Gasteiger partial charge < -0.3 is 15.4 Å². The number of hydrogen-bond donors (Lipinski definition) is 2. The molecule has 4 aromatic rings. The first kappa shape index (κ1) is 19.8. The van der Waals surface area contributed by atoms with E-state index in [1.807, 2.05) is 42.5 Å². The molecule has 0 aliphatic carbocycles. The van der Waals surface area contributed by atoms with Crippen LogP contribution >= 0.6 is 0 Å². The molecule has 1 aliphatic heterocycles. The van der Waals surface area contributed by atoms with Gasteiger partial charge in [0.15, 0.2) is 0 Å². The van der Waals surface area contributed by atoms with E-state index in [4.69, 9.17) is 9.72 Å². The fourth-order valence-electron chi connectivity index (χ4n) is 4.09. The lowest BCUT2D eigenvalue weighted by molar-refractivity contribution is -0.116. The summed E-state index contributed by atoms with van der Waals surface area (Å²) in [6, 6.07) is 19.3. The highest BCUT2D eigenvalue weighted by Crippen LogP contribution is 2.33. The summed E-state index contributed by atoms with van der Waals surface area (Å²) in [4.78, 5) is 28.8. The van der Waals surface area contributed by atoms with Crippen molar-refractivity contribution in [2.24, 2.45) is 0 Å². The molecule has 2 N–H and O–H groups in total. The standard InChI is InChI=1S/C25H22N4O3/c1-26-25(31)17-6-10-22-21(14-17)28-24(16-4-3-5-19(13-16)32-2)29(22)18-8-9-20-15(12-18)7-11-23(30)27-20/h3-6,8-10,12-14H,7,11H2,1-2H3,(H,26,31)(H,27,30).